The van der Waals surface area contributed by atoms with Crippen LogP contribution in [0.3, 0.4) is 0 Å². The molecular formula is C24H23N3O2S. The van der Waals surface area contributed by atoms with E-state index in [0.29, 0.717) is 22.6 Å². The molecule has 0 spiro atoms. The molecule has 2 heterocycles. The van der Waals surface area contributed by atoms with Crippen LogP contribution in [0.5, 0.6) is 0 Å². The van der Waals surface area contributed by atoms with E-state index < -0.39 is 5.25 Å². The third-order valence-corrected chi connectivity index (χ3v) is 6.88. The summed E-state index contributed by atoms with van der Waals surface area (Å²) in [5, 5.41) is 9.50. The van der Waals surface area contributed by atoms with Crippen LogP contribution in [0.4, 0.5) is 0 Å². The van der Waals surface area contributed by atoms with Gasteiger partial charge in [0.2, 0.25) is 5.89 Å². The zero-order chi connectivity index (χ0) is 20.3. The van der Waals surface area contributed by atoms with Crippen molar-refractivity contribution in [3.63, 3.8) is 0 Å². The van der Waals surface area contributed by atoms with Gasteiger partial charge in [0.1, 0.15) is 5.25 Å². The molecule has 2 aromatic carbocycles. The fourth-order valence-corrected chi connectivity index (χ4v) is 5.15. The maximum Gasteiger partial charge on any atom is 0.277 e. The normalized spacial score (nSPS) is 16.0. The van der Waals surface area contributed by atoms with Crippen LogP contribution in [0.1, 0.15) is 65.1 Å². The molecule has 1 aliphatic carbocycles. The summed E-state index contributed by atoms with van der Waals surface area (Å²) in [6, 6.07) is 17.7. The van der Waals surface area contributed by atoms with Crippen molar-refractivity contribution in [2.24, 2.45) is 0 Å². The van der Waals surface area contributed by atoms with Crippen LogP contribution in [0, 0.1) is 0 Å². The summed E-state index contributed by atoms with van der Waals surface area (Å²) in [6.45, 7) is 0. The minimum absolute atomic E-state index is 0.0288. The van der Waals surface area contributed by atoms with Gasteiger partial charge in [0, 0.05) is 28.6 Å². The van der Waals surface area contributed by atoms with Crippen molar-refractivity contribution in [2.45, 2.75) is 48.5 Å². The van der Waals surface area contributed by atoms with Crippen LogP contribution in [0.2, 0.25) is 0 Å². The predicted octanol–water partition coefficient (Wildman–Crippen LogP) is 6.31. The number of hydrogen-bond donors (Lipinski definition) is 1. The molecule has 0 amide bonds. The number of ketones is 1. The number of fused-ring (bicyclic) bond motifs is 1. The lowest BCUT2D eigenvalue weighted by Gasteiger charge is -2.17. The standard InChI is InChI=1S/C24H23N3O2S/c28-21(19-15-25-20-14-8-7-13-18(19)20)22(16-9-3-1-4-10-16)30-24-27-26-23(29-24)17-11-5-2-6-12-17/h1,3-4,7-10,13-15,17,22,25H,2,5-6,11-12H2/t22-/m1/s1. The lowest BCUT2D eigenvalue weighted by atomic mass is 9.89. The van der Waals surface area contributed by atoms with Gasteiger partial charge in [0.25, 0.3) is 5.22 Å². The van der Waals surface area contributed by atoms with Crippen molar-refractivity contribution in [3.8, 4) is 0 Å². The average Bonchev–Trinajstić information content (AvgIpc) is 3.45. The van der Waals surface area contributed by atoms with Gasteiger partial charge >= 0.3 is 0 Å². The Hall–Kier alpha value is -2.86. The minimum Gasteiger partial charge on any atom is -0.416 e. The van der Waals surface area contributed by atoms with Gasteiger partial charge < -0.3 is 9.40 Å². The van der Waals surface area contributed by atoms with E-state index in [1.807, 2.05) is 54.6 Å². The topological polar surface area (TPSA) is 71.8 Å². The van der Waals surface area contributed by atoms with Crippen LogP contribution >= 0.6 is 11.8 Å². The number of rotatable bonds is 6. The Balaban J connectivity index is 1.46. The molecule has 152 valence electrons. The highest BCUT2D eigenvalue weighted by molar-refractivity contribution is 8.00. The van der Waals surface area contributed by atoms with Gasteiger partial charge in [-0.25, -0.2) is 0 Å². The SMILES string of the molecule is O=C(c1c[nH]c2ccccc12)[C@H](Sc1nnc(C2CCCCC2)o1)c1ccccc1. The number of hydrogen-bond acceptors (Lipinski definition) is 5. The first kappa shape index (κ1) is 19.1. The smallest absolute Gasteiger partial charge is 0.277 e. The number of aromatic amines is 1. The highest BCUT2D eigenvalue weighted by Crippen LogP contribution is 2.40. The van der Waals surface area contributed by atoms with E-state index >= 15 is 0 Å². The summed E-state index contributed by atoms with van der Waals surface area (Å²) in [7, 11) is 0. The summed E-state index contributed by atoms with van der Waals surface area (Å²) >= 11 is 1.34. The molecule has 2 aromatic heterocycles. The monoisotopic (exact) mass is 417 g/mol. The molecule has 0 bridgehead atoms. The van der Waals surface area contributed by atoms with E-state index in [0.717, 1.165) is 29.3 Å². The van der Waals surface area contributed by atoms with Gasteiger partial charge in [0.05, 0.1) is 0 Å². The number of benzene rings is 2. The van der Waals surface area contributed by atoms with E-state index in [-0.39, 0.29) is 5.78 Å². The first-order valence-electron chi connectivity index (χ1n) is 10.4. The molecule has 0 radical (unpaired) electrons. The van der Waals surface area contributed by atoms with Crippen molar-refractivity contribution < 1.29 is 9.21 Å². The number of thioether (sulfide) groups is 1. The van der Waals surface area contributed by atoms with Gasteiger partial charge in [-0.3, -0.25) is 4.79 Å². The van der Waals surface area contributed by atoms with E-state index in [4.69, 9.17) is 4.42 Å². The lowest BCUT2D eigenvalue weighted by molar-refractivity contribution is 0.0990. The van der Waals surface area contributed by atoms with Crippen molar-refractivity contribution in [3.05, 3.63) is 77.8 Å². The van der Waals surface area contributed by atoms with Gasteiger partial charge in [-0.2, -0.15) is 0 Å². The number of carbonyl (C=O) groups excluding carboxylic acids is 1. The van der Waals surface area contributed by atoms with Crippen LogP contribution in [0.25, 0.3) is 10.9 Å². The zero-order valence-electron chi connectivity index (χ0n) is 16.6. The Kier molecular flexibility index (Phi) is 5.41. The molecule has 0 saturated heterocycles. The molecule has 1 fully saturated rings. The second-order valence-corrected chi connectivity index (χ2v) is 8.82. The first-order chi connectivity index (χ1) is 14.8. The minimum atomic E-state index is -0.454. The fourth-order valence-electron chi connectivity index (χ4n) is 4.20. The Morgan fingerprint density at radius 1 is 1.00 bits per heavy atom. The van der Waals surface area contributed by atoms with Crippen molar-refractivity contribution in [1.82, 2.24) is 15.2 Å². The summed E-state index contributed by atoms with van der Waals surface area (Å²) in [5.74, 6) is 1.09. The predicted molar refractivity (Wildman–Crippen MR) is 118 cm³/mol. The van der Waals surface area contributed by atoms with Gasteiger partial charge in [-0.15, -0.1) is 10.2 Å². The number of Topliss-reactive ketones (excluding diaryl/α,β-unsaturated/α-hetero) is 1. The average molecular weight is 418 g/mol. The van der Waals surface area contributed by atoms with Crippen molar-refractivity contribution in [2.75, 3.05) is 0 Å². The summed E-state index contributed by atoms with van der Waals surface area (Å²) in [4.78, 5) is 16.8. The van der Waals surface area contributed by atoms with Gasteiger partial charge in [0.15, 0.2) is 5.78 Å². The number of nitrogens with one attached hydrogen (secondary N) is 1. The number of nitrogens with zero attached hydrogens (tertiary/aromatic N) is 2. The number of carbonyl (C=O) groups is 1. The second-order valence-electron chi connectivity index (χ2n) is 7.76. The van der Waals surface area contributed by atoms with Crippen molar-refractivity contribution >= 4 is 28.4 Å². The summed E-state index contributed by atoms with van der Waals surface area (Å²) in [6.07, 6.45) is 7.69. The molecule has 6 heteroatoms. The molecule has 1 aliphatic rings. The fraction of sp³-hybridized carbons (Fsp3) is 0.292. The number of H-pyrrole nitrogens is 1. The number of para-hydroxylation sites is 1. The van der Waals surface area contributed by atoms with Crippen LogP contribution in [-0.2, 0) is 0 Å². The Morgan fingerprint density at radius 2 is 1.77 bits per heavy atom. The van der Waals surface area contributed by atoms with Crippen LogP contribution in [0.15, 0.2) is 70.4 Å². The molecule has 1 N–H and O–H groups in total. The molecular weight excluding hydrogens is 394 g/mol. The second kappa shape index (κ2) is 8.48. The van der Waals surface area contributed by atoms with E-state index in [1.165, 1.54) is 31.0 Å². The highest BCUT2D eigenvalue weighted by atomic mass is 32.2. The van der Waals surface area contributed by atoms with E-state index in [1.54, 1.807) is 6.20 Å². The maximum atomic E-state index is 13.6. The third-order valence-electron chi connectivity index (χ3n) is 5.79. The molecule has 5 nitrogen and oxygen atoms in total. The van der Waals surface area contributed by atoms with E-state index in [9.17, 15) is 4.79 Å². The molecule has 4 aromatic rings. The summed E-state index contributed by atoms with van der Waals surface area (Å²) < 4.78 is 6.01. The largest absolute Gasteiger partial charge is 0.416 e. The van der Waals surface area contributed by atoms with E-state index in [2.05, 4.69) is 15.2 Å². The van der Waals surface area contributed by atoms with Crippen molar-refractivity contribution in [1.29, 1.82) is 0 Å². The first-order valence-corrected chi connectivity index (χ1v) is 11.3. The Morgan fingerprint density at radius 3 is 2.60 bits per heavy atom. The maximum absolute atomic E-state index is 13.6. The molecule has 5 rings (SSSR count). The molecule has 1 saturated carbocycles. The number of aromatic nitrogens is 3. The van der Waals surface area contributed by atoms with Gasteiger partial charge in [-0.05, 0) is 36.2 Å². The van der Waals surface area contributed by atoms with Crippen LogP contribution < -0.4 is 0 Å². The molecule has 30 heavy (non-hydrogen) atoms. The lowest BCUT2D eigenvalue weighted by Crippen LogP contribution is -2.09. The molecule has 0 aliphatic heterocycles. The molecule has 0 unspecified atom stereocenters. The highest BCUT2D eigenvalue weighted by Gasteiger charge is 2.29. The van der Waals surface area contributed by atoms with Gasteiger partial charge in [-0.1, -0.05) is 67.8 Å². The molecule has 1 atom stereocenters. The Bertz CT molecular complexity index is 1150. The zero-order valence-corrected chi connectivity index (χ0v) is 17.4. The quantitative estimate of drug-likeness (QED) is 0.294. The third kappa shape index (κ3) is 3.79. The van der Waals surface area contributed by atoms with Crippen LogP contribution in [-0.4, -0.2) is 21.0 Å². The Labute approximate surface area is 179 Å². The summed E-state index contributed by atoms with van der Waals surface area (Å²) in [5.41, 5.74) is 2.56.